The third-order valence-electron chi connectivity index (χ3n) is 10.2. The van der Waals surface area contributed by atoms with Gasteiger partial charge in [-0.25, -0.2) is 4.79 Å². The van der Waals surface area contributed by atoms with Gasteiger partial charge in [0.25, 0.3) is 0 Å². The van der Waals surface area contributed by atoms with Crippen LogP contribution in [-0.2, 0) is 16.1 Å². The molecule has 0 radical (unpaired) electrons. The van der Waals surface area contributed by atoms with E-state index in [0.717, 1.165) is 67.9 Å². The fourth-order valence-electron chi connectivity index (χ4n) is 8.03. The van der Waals surface area contributed by atoms with E-state index in [-0.39, 0.29) is 11.0 Å². The van der Waals surface area contributed by atoms with Crippen LogP contribution < -0.4 is 16.7 Å². The van der Waals surface area contributed by atoms with E-state index in [2.05, 4.69) is 24.3 Å². The van der Waals surface area contributed by atoms with Crippen molar-refractivity contribution in [1.82, 2.24) is 5.32 Å². The highest BCUT2D eigenvalue weighted by molar-refractivity contribution is 5.92. The van der Waals surface area contributed by atoms with Crippen molar-refractivity contribution in [3.63, 3.8) is 0 Å². The molecule has 0 amide bonds. The number of nitrogen functional groups attached to an aromatic ring is 1. The molecule has 2 aromatic rings. The Morgan fingerprint density at radius 2 is 2.08 bits per heavy atom. The van der Waals surface area contributed by atoms with E-state index in [4.69, 9.17) is 15.0 Å². The summed E-state index contributed by atoms with van der Waals surface area (Å²) in [6, 6.07) is 7.00. The standard InChI is InChI=1S/C33H47N3O4/c1-3-4-5-26(37)19-22-6-8-27-23(18-22)12-14-33(2)29(27)10-11-31(33)36-39-17-16-35-15-13-24-20-32(38)40-30-21-25(34)7-9-28(24)30/h7,9,20-23,27,29,35H,3-6,8,10-19,34H2,1-2H3/b36-31-/t22-,23-,27-,29+,33+/m1/s1. The maximum atomic E-state index is 12.4. The second kappa shape index (κ2) is 12.9. The van der Waals surface area contributed by atoms with Gasteiger partial charge in [0.1, 0.15) is 18.0 Å². The first-order valence-electron chi connectivity index (χ1n) is 15.6. The molecular formula is C33H47N3O4. The smallest absolute Gasteiger partial charge is 0.336 e. The first kappa shape index (κ1) is 28.8. The lowest BCUT2D eigenvalue weighted by atomic mass is 9.55. The van der Waals surface area contributed by atoms with Crippen molar-refractivity contribution in [1.29, 1.82) is 0 Å². The Morgan fingerprint density at radius 3 is 2.92 bits per heavy atom. The molecule has 3 aliphatic carbocycles. The van der Waals surface area contributed by atoms with Gasteiger partial charge in [-0.15, -0.1) is 0 Å². The molecule has 218 valence electrons. The topological polar surface area (TPSA) is 107 Å². The van der Waals surface area contributed by atoms with Crippen molar-refractivity contribution in [2.45, 2.75) is 90.9 Å². The monoisotopic (exact) mass is 549 g/mol. The number of nitrogens with one attached hydrogen (secondary N) is 1. The van der Waals surface area contributed by atoms with Crippen molar-refractivity contribution >= 4 is 28.2 Å². The van der Waals surface area contributed by atoms with Gasteiger partial charge in [-0.05, 0) is 106 Å². The van der Waals surface area contributed by atoms with Crippen LogP contribution in [0.3, 0.4) is 0 Å². The fourth-order valence-corrected chi connectivity index (χ4v) is 8.03. The number of Topliss-reactive ketones (excluding diaryl/α,β-unsaturated/α-hetero) is 1. The second-order valence-electron chi connectivity index (χ2n) is 12.8. The highest BCUT2D eigenvalue weighted by Crippen LogP contribution is 2.58. The van der Waals surface area contributed by atoms with Crippen molar-refractivity contribution in [3.8, 4) is 0 Å². The maximum absolute atomic E-state index is 12.4. The molecule has 1 aromatic carbocycles. The lowest BCUT2D eigenvalue weighted by Crippen LogP contribution is -2.44. The molecule has 0 unspecified atom stereocenters. The Morgan fingerprint density at radius 1 is 1.20 bits per heavy atom. The van der Waals surface area contributed by atoms with Crippen molar-refractivity contribution < 1.29 is 14.0 Å². The molecule has 0 bridgehead atoms. The zero-order valence-corrected chi connectivity index (χ0v) is 24.4. The summed E-state index contributed by atoms with van der Waals surface area (Å²) in [7, 11) is 0. The summed E-state index contributed by atoms with van der Waals surface area (Å²) in [6.45, 7) is 6.55. The molecule has 0 saturated heterocycles. The van der Waals surface area contributed by atoms with Crippen LogP contribution in [0.5, 0.6) is 0 Å². The summed E-state index contributed by atoms with van der Waals surface area (Å²) in [5, 5.41) is 9.02. The minimum atomic E-state index is -0.352. The Kier molecular flexibility index (Phi) is 9.29. The number of hydrogen-bond acceptors (Lipinski definition) is 7. The lowest BCUT2D eigenvalue weighted by Gasteiger charge is -2.49. The number of oxime groups is 1. The Balaban J connectivity index is 1.06. The third kappa shape index (κ3) is 6.45. The van der Waals surface area contributed by atoms with Crippen LogP contribution in [0.25, 0.3) is 11.0 Å². The molecule has 1 heterocycles. The normalized spacial score (nSPS) is 28.9. The highest BCUT2D eigenvalue weighted by atomic mass is 16.6. The van der Waals surface area contributed by atoms with E-state index in [1.807, 2.05) is 12.1 Å². The van der Waals surface area contributed by atoms with E-state index in [0.29, 0.717) is 42.0 Å². The summed E-state index contributed by atoms with van der Waals surface area (Å²) < 4.78 is 5.29. The average molecular weight is 550 g/mol. The summed E-state index contributed by atoms with van der Waals surface area (Å²) in [5.41, 5.74) is 8.97. The molecule has 5 rings (SSSR count). The maximum Gasteiger partial charge on any atom is 0.336 e. The van der Waals surface area contributed by atoms with E-state index in [1.54, 1.807) is 12.1 Å². The van der Waals surface area contributed by atoms with Crippen LogP contribution >= 0.6 is 0 Å². The van der Waals surface area contributed by atoms with Crippen LogP contribution in [0.1, 0.15) is 90.0 Å². The SMILES string of the molecule is CCCCC(=O)C[C@@H]1CC[C@@H]2[C@H](CC[C@]3(C)/C(=N\OCCNCCc4cc(=O)oc5cc(N)ccc45)CC[C@@H]23)C1. The number of carbonyl (C=O) groups excluding carboxylic acids is 1. The van der Waals surface area contributed by atoms with Crippen LogP contribution in [-0.4, -0.2) is 31.2 Å². The predicted molar refractivity (Wildman–Crippen MR) is 160 cm³/mol. The molecule has 0 spiro atoms. The van der Waals surface area contributed by atoms with Gasteiger partial charge in [-0.3, -0.25) is 4.79 Å². The van der Waals surface area contributed by atoms with Crippen LogP contribution in [0.15, 0.2) is 38.6 Å². The number of fused-ring (bicyclic) bond motifs is 4. The van der Waals surface area contributed by atoms with Crippen LogP contribution in [0.4, 0.5) is 5.69 Å². The van der Waals surface area contributed by atoms with E-state index < -0.39 is 0 Å². The number of nitrogens with two attached hydrogens (primary N) is 1. The van der Waals surface area contributed by atoms with E-state index in [1.165, 1.54) is 44.2 Å². The Bertz CT molecular complexity index is 1270. The van der Waals surface area contributed by atoms with Crippen molar-refractivity contribution in [2.75, 3.05) is 25.4 Å². The molecule has 0 aliphatic heterocycles. The second-order valence-corrected chi connectivity index (χ2v) is 12.8. The first-order chi connectivity index (χ1) is 19.4. The highest BCUT2D eigenvalue weighted by Gasteiger charge is 2.53. The van der Waals surface area contributed by atoms with Gasteiger partial charge in [0.15, 0.2) is 0 Å². The summed E-state index contributed by atoms with van der Waals surface area (Å²) in [4.78, 5) is 30.1. The number of rotatable bonds is 12. The molecule has 40 heavy (non-hydrogen) atoms. The number of hydrogen-bond donors (Lipinski definition) is 2. The van der Waals surface area contributed by atoms with Gasteiger partial charge in [-0.2, -0.15) is 0 Å². The third-order valence-corrected chi connectivity index (χ3v) is 10.2. The van der Waals surface area contributed by atoms with Crippen LogP contribution in [0, 0.1) is 29.1 Å². The number of benzene rings is 1. The summed E-state index contributed by atoms with van der Waals surface area (Å²) >= 11 is 0. The van der Waals surface area contributed by atoms with Crippen LogP contribution in [0.2, 0.25) is 0 Å². The molecule has 3 aliphatic rings. The minimum Gasteiger partial charge on any atom is -0.423 e. The summed E-state index contributed by atoms with van der Waals surface area (Å²) in [5.74, 6) is 3.36. The van der Waals surface area contributed by atoms with Gasteiger partial charge in [-0.1, -0.05) is 25.4 Å². The largest absolute Gasteiger partial charge is 0.423 e. The first-order valence-corrected chi connectivity index (χ1v) is 15.6. The molecule has 7 heteroatoms. The zero-order chi connectivity index (χ0) is 28.1. The van der Waals surface area contributed by atoms with Crippen molar-refractivity contribution in [3.05, 3.63) is 40.2 Å². The molecule has 3 fully saturated rings. The van der Waals surface area contributed by atoms with Gasteiger partial charge in [0.05, 0.1) is 5.71 Å². The quantitative estimate of drug-likeness (QED) is 0.140. The van der Waals surface area contributed by atoms with E-state index in [9.17, 15) is 9.59 Å². The van der Waals surface area contributed by atoms with E-state index >= 15 is 0 Å². The molecule has 7 nitrogen and oxygen atoms in total. The molecular weight excluding hydrogens is 502 g/mol. The molecule has 3 N–H and O–H groups in total. The molecule has 3 saturated carbocycles. The minimum absolute atomic E-state index is 0.164. The Hall–Kier alpha value is -2.67. The van der Waals surface area contributed by atoms with Gasteiger partial charge < -0.3 is 20.3 Å². The average Bonchev–Trinajstić information content (AvgIpc) is 3.27. The van der Waals surface area contributed by atoms with Gasteiger partial charge >= 0.3 is 5.63 Å². The molecule has 1 aromatic heterocycles. The predicted octanol–water partition coefficient (Wildman–Crippen LogP) is 6.27. The molecule has 5 atom stereocenters. The number of anilines is 1. The van der Waals surface area contributed by atoms with Crippen molar-refractivity contribution in [2.24, 2.45) is 34.2 Å². The number of nitrogens with zero attached hydrogens (tertiary/aromatic N) is 1. The number of ketones is 1. The summed E-state index contributed by atoms with van der Waals surface area (Å²) in [6.07, 6.45) is 12.9. The van der Waals surface area contributed by atoms with Gasteiger partial charge in [0, 0.05) is 48.0 Å². The number of unbranched alkanes of at least 4 members (excludes halogenated alkanes) is 1. The zero-order valence-electron chi connectivity index (χ0n) is 24.4. The fraction of sp³-hybridized carbons (Fsp3) is 0.667. The van der Waals surface area contributed by atoms with Gasteiger partial charge in [0.2, 0.25) is 0 Å². The Labute approximate surface area is 238 Å². The number of carbonyl (C=O) groups is 1. The lowest BCUT2D eigenvalue weighted by molar-refractivity contribution is -0.120.